The Morgan fingerprint density at radius 3 is 2.78 bits per heavy atom. The summed E-state index contributed by atoms with van der Waals surface area (Å²) in [4.78, 5) is 10.5. The normalized spacial score (nSPS) is 35.7. The standard InChI is InChI=1S/C23H23N3O/c1-3-17(20-10-25-22-18(20)4-2-6-24-22)19-9-23(27-21(19)5-1)15-7-14-8-16(23)13-26(11-14)12-15/h1-6,10,14-16H,7-9,11-13H2,(H,24,25)/t14?,15-,16?,23?/m1/s1. The molecule has 4 heteroatoms. The summed E-state index contributed by atoms with van der Waals surface area (Å²) in [6, 6.07) is 10.8. The summed E-state index contributed by atoms with van der Waals surface area (Å²) in [6.45, 7) is 3.78. The van der Waals surface area contributed by atoms with Crippen LogP contribution in [0, 0.1) is 17.8 Å². The quantitative estimate of drug-likeness (QED) is 0.719. The fraction of sp³-hybridized carbons (Fsp3) is 0.435. The highest BCUT2D eigenvalue weighted by Gasteiger charge is 2.60. The first-order valence-electron chi connectivity index (χ1n) is 10.3. The molecule has 4 unspecified atom stereocenters. The molecule has 1 aromatic carbocycles. The van der Waals surface area contributed by atoms with E-state index >= 15 is 0 Å². The van der Waals surface area contributed by atoms with Gasteiger partial charge in [0.15, 0.2) is 0 Å². The van der Waals surface area contributed by atoms with Crippen LogP contribution in [0.3, 0.4) is 0 Å². The van der Waals surface area contributed by atoms with Gasteiger partial charge in [0.2, 0.25) is 0 Å². The summed E-state index contributed by atoms with van der Waals surface area (Å²) in [5.41, 5.74) is 4.97. The van der Waals surface area contributed by atoms with Crippen molar-refractivity contribution in [2.24, 2.45) is 17.8 Å². The van der Waals surface area contributed by atoms with Crippen molar-refractivity contribution in [3.63, 3.8) is 0 Å². The highest BCUT2D eigenvalue weighted by molar-refractivity contribution is 5.95. The van der Waals surface area contributed by atoms with Crippen molar-refractivity contribution in [1.82, 2.24) is 14.9 Å². The molecule has 1 N–H and O–H groups in total. The zero-order valence-electron chi connectivity index (χ0n) is 15.3. The highest BCUT2D eigenvalue weighted by Crippen LogP contribution is 2.57. The number of hydrogen-bond donors (Lipinski definition) is 1. The SMILES string of the molecule is c1cc2c(c(-c3c[nH]c4ncccc34)c1)CC1(O2)C2CC3C[C@@H]1CN(C3)C2. The molecule has 0 radical (unpaired) electrons. The molecule has 1 saturated carbocycles. The third kappa shape index (κ3) is 1.84. The number of hydrogen-bond acceptors (Lipinski definition) is 3. The van der Waals surface area contributed by atoms with Gasteiger partial charge in [0.1, 0.15) is 17.0 Å². The van der Waals surface area contributed by atoms with Crippen molar-refractivity contribution >= 4 is 11.0 Å². The molecule has 136 valence electrons. The Morgan fingerprint density at radius 2 is 1.93 bits per heavy atom. The Labute approximate surface area is 158 Å². The number of aromatic amines is 1. The molecule has 5 atom stereocenters. The largest absolute Gasteiger partial charge is 0.486 e. The Balaban J connectivity index is 1.36. The van der Waals surface area contributed by atoms with Gasteiger partial charge in [0, 0.05) is 66.8 Å². The van der Waals surface area contributed by atoms with E-state index < -0.39 is 0 Å². The summed E-state index contributed by atoms with van der Waals surface area (Å²) >= 11 is 0. The molecule has 2 aromatic heterocycles. The minimum atomic E-state index is 0.0379. The number of nitrogens with zero attached hydrogens (tertiary/aromatic N) is 2. The minimum Gasteiger partial charge on any atom is -0.486 e. The summed E-state index contributed by atoms with van der Waals surface area (Å²) in [5, 5.41) is 1.20. The molecule has 4 bridgehead atoms. The maximum Gasteiger partial charge on any atom is 0.137 e. The van der Waals surface area contributed by atoms with E-state index in [1.165, 1.54) is 54.6 Å². The fourth-order valence-corrected chi connectivity index (χ4v) is 6.70. The van der Waals surface area contributed by atoms with Crippen molar-refractivity contribution < 1.29 is 4.74 Å². The number of ether oxygens (including phenoxy) is 1. The molecule has 0 amide bonds. The molecule has 4 nitrogen and oxygen atoms in total. The molecule has 27 heavy (non-hydrogen) atoms. The van der Waals surface area contributed by atoms with Crippen LogP contribution < -0.4 is 4.74 Å². The van der Waals surface area contributed by atoms with Gasteiger partial charge in [-0.25, -0.2) is 4.98 Å². The lowest BCUT2D eigenvalue weighted by Crippen LogP contribution is -2.68. The number of pyridine rings is 1. The van der Waals surface area contributed by atoms with Crippen LogP contribution in [-0.4, -0.2) is 40.1 Å². The topological polar surface area (TPSA) is 41.1 Å². The van der Waals surface area contributed by atoms with Crippen LogP contribution in [0.5, 0.6) is 5.75 Å². The average Bonchev–Trinajstić information content (AvgIpc) is 3.28. The van der Waals surface area contributed by atoms with Gasteiger partial charge in [-0.05, 0) is 42.5 Å². The van der Waals surface area contributed by atoms with Gasteiger partial charge in [-0.2, -0.15) is 0 Å². The van der Waals surface area contributed by atoms with Gasteiger partial charge in [-0.3, -0.25) is 0 Å². The Kier molecular flexibility index (Phi) is 2.68. The molecule has 4 aliphatic heterocycles. The monoisotopic (exact) mass is 357 g/mol. The van der Waals surface area contributed by atoms with Crippen LogP contribution >= 0.6 is 0 Å². The van der Waals surface area contributed by atoms with Gasteiger partial charge < -0.3 is 14.6 Å². The first-order valence-corrected chi connectivity index (χ1v) is 10.3. The number of rotatable bonds is 1. The number of fused-ring (bicyclic) bond motifs is 2. The summed E-state index contributed by atoms with van der Waals surface area (Å²) in [6.07, 6.45) is 7.74. The Morgan fingerprint density at radius 1 is 1.04 bits per heavy atom. The van der Waals surface area contributed by atoms with Gasteiger partial charge in [-0.1, -0.05) is 12.1 Å². The lowest BCUT2D eigenvalue weighted by atomic mass is 9.58. The predicted octanol–water partition coefficient (Wildman–Crippen LogP) is 3.88. The number of benzene rings is 1. The van der Waals surface area contributed by atoms with Gasteiger partial charge >= 0.3 is 0 Å². The minimum absolute atomic E-state index is 0.0379. The van der Waals surface area contributed by atoms with Crippen LogP contribution in [-0.2, 0) is 6.42 Å². The van der Waals surface area contributed by atoms with Gasteiger partial charge in [0.05, 0.1) is 0 Å². The second kappa shape index (κ2) is 4.93. The lowest BCUT2D eigenvalue weighted by molar-refractivity contribution is -0.158. The van der Waals surface area contributed by atoms with Crippen molar-refractivity contribution in [3.8, 4) is 16.9 Å². The van der Waals surface area contributed by atoms with Crippen LogP contribution in [0.1, 0.15) is 18.4 Å². The zero-order valence-corrected chi connectivity index (χ0v) is 15.3. The van der Waals surface area contributed by atoms with Gasteiger partial charge in [0.25, 0.3) is 0 Å². The van der Waals surface area contributed by atoms with Crippen LogP contribution in [0.4, 0.5) is 0 Å². The number of H-pyrrole nitrogens is 1. The number of nitrogens with one attached hydrogen (secondary N) is 1. The smallest absolute Gasteiger partial charge is 0.137 e. The van der Waals surface area contributed by atoms with Crippen LogP contribution in [0.25, 0.3) is 22.2 Å². The van der Waals surface area contributed by atoms with E-state index in [0.29, 0.717) is 11.8 Å². The van der Waals surface area contributed by atoms with Gasteiger partial charge in [-0.15, -0.1) is 0 Å². The first kappa shape index (κ1) is 14.7. The summed E-state index contributed by atoms with van der Waals surface area (Å²) in [5.74, 6) is 3.40. The predicted molar refractivity (Wildman–Crippen MR) is 105 cm³/mol. The molecule has 4 fully saturated rings. The molecule has 3 aromatic rings. The molecular formula is C23H23N3O. The van der Waals surface area contributed by atoms with E-state index in [0.717, 1.165) is 23.7 Å². The van der Waals surface area contributed by atoms with E-state index in [1.807, 2.05) is 12.3 Å². The van der Waals surface area contributed by atoms with E-state index in [1.54, 1.807) is 0 Å². The molecule has 1 aliphatic carbocycles. The van der Waals surface area contributed by atoms with Crippen molar-refractivity contribution in [2.45, 2.75) is 24.9 Å². The second-order valence-corrected chi connectivity index (χ2v) is 9.07. The zero-order chi connectivity index (χ0) is 17.6. The third-order valence-corrected chi connectivity index (χ3v) is 7.72. The average molecular weight is 357 g/mol. The first-order chi connectivity index (χ1) is 13.3. The van der Waals surface area contributed by atoms with E-state index in [4.69, 9.17) is 4.74 Å². The molecule has 1 spiro atoms. The van der Waals surface area contributed by atoms with E-state index in [9.17, 15) is 0 Å². The number of aromatic nitrogens is 2. The molecular weight excluding hydrogens is 334 g/mol. The van der Waals surface area contributed by atoms with Crippen molar-refractivity contribution in [3.05, 3.63) is 48.3 Å². The van der Waals surface area contributed by atoms with Crippen molar-refractivity contribution in [2.75, 3.05) is 19.6 Å². The molecule has 6 heterocycles. The Hall–Kier alpha value is -2.33. The highest BCUT2D eigenvalue weighted by atomic mass is 16.5. The molecule has 5 aliphatic rings. The fourth-order valence-electron chi connectivity index (χ4n) is 6.70. The Bertz CT molecular complexity index is 1040. The van der Waals surface area contributed by atoms with E-state index in [2.05, 4.69) is 45.3 Å². The number of piperidine rings is 3. The summed E-state index contributed by atoms with van der Waals surface area (Å²) < 4.78 is 6.87. The van der Waals surface area contributed by atoms with Crippen LogP contribution in [0.15, 0.2) is 42.7 Å². The third-order valence-electron chi connectivity index (χ3n) is 7.72. The summed E-state index contributed by atoms with van der Waals surface area (Å²) in [7, 11) is 0. The lowest BCUT2D eigenvalue weighted by Gasteiger charge is -2.60. The maximum atomic E-state index is 6.87. The van der Waals surface area contributed by atoms with E-state index in [-0.39, 0.29) is 5.60 Å². The molecule has 3 saturated heterocycles. The van der Waals surface area contributed by atoms with Crippen LogP contribution in [0.2, 0.25) is 0 Å². The maximum absolute atomic E-state index is 6.87. The van der Waals surface area contributed by atoms with Crippen molar-refractivity contribution in [1.29, 1.82) is 0 Å². The molecule has 8 rings (SSSR count). The second-order valence-electron chi connectivity index (χ2n) is 9.07.